The van der Waals surface area contributed by atoms with E-state index < -0.39 is 5.41 Å². The molecule has 0 aliphatic carbocycles. The van der Waals surface area contributed by atoms with E-state index in [-0.39, 0.29) is 11.7 Å². The second-order valence-electron chi connectivity index (χ2n) is 5.64. The van der Waals surface area contributed by atoms with E-state index in [0.717, 1.165) is 5.56 Å². The van der Waals surface area contributed by atoms with Crippen LogP contribution < -0.4 is 5.32 Å². The van der Waals surface area contributed by atoms with Gasteiger partial charge in [-0.3, -0.25) is 9.59 Å². The highest BCUT2D eigenvalue weighted by Crippen LogP contribution is 2.24. The van der Waals surface area contributed by atoms with Gasteiger partial charge in [-0.1, -0.05) is 48.0 Å². The summed E-state index contributed by atoms with van der Waals surface area (Å²) < 4.78 is 0. The third kappa shape index (κ3) is 3.37. The molecule has 0 bridgehead atoms. The zero-order chi connectivity index (χ0) is 15.5. The van der Waals surface area contributed by atoms with Crippen LogP contribution in [0.2, 0.25) is 0 Å². The van der Waals surface area contributed by atoms with E-state index in [0.29, 0.717) is 11.3 Å². The lowest BCUT2D eigenvalue weighted by atomic mass is 9.83. The predicted octanol–water partition coefficient (Wildman–Crippen LogP) is 3.84. The number of Topliss-reactive ketones (excluding diaryl/α,β-unsaturated/α-hetero) is 1. The molecule has 1 amide bonds. The third-order valence-corrected chi connectivity index (χ3v) is 3.48. The molecule has 0 aliphatic heterocycles. The first kappa shape index (κ1) is 15.0. The Hall–Kier alpha value is -2.42. The van der Waals surface area contributed by atoms with E-state index in [4.69, 9.17) is 0 Å². The molecule has 0 radical (unpaired) electrons. The van der Waals surface area contributed by atoms with Crippen LogP contribution in [0.1, 0.15) is 29.8 Å². The lowest BCUT2D eigenvalue weighted by molar-refractivity contribution is -0.121. The average Bonchev–Trinajstić information content (AvgIpc) is 2.49. The number of hydrogen-bond acceptors (Lipinski definition) is 2. The van der Waals surface area contributed by atoms with E-state index in [2.05, 4.69) is 5.32 Å². The fraction of sp³-hybridized carbons (Fsp3) is 0.222. The molecule has 1 N–H and O–H groups in total. The highest BCUT2D eigenvalue weighted by atomic mass is 16.2. The van der Waals surface area contributed by atoms with Crippen LogP contribution in [-0.2, 0) is 4.79 Å². The van der Waals surface area contributed by atoms with Gasteiger partial charge in [-0.05, 0) is 32.9 Å². The normalized spacial score (nSPS) is 11.0. The van der Waals surface area contributed by atoms with Crippen LogP contribution in [0, 0.1) is 12.3 Å². The van der Waals surface area contributed by atoms with Crippen LogP contribution in [0.4, 0.5) is 5.69 Å². The Labute approximate surface area is 125 Å². The molecule has 3 nitrogen and oxygen atoms in total. The van der Waals surface area contributed by atoms with Gasteiger partial charge in [0.1, 0.15) is 5.41 Å². The minimum absolute atomic E-state index is 0.187. The third-order valence-electron chi connectivity index (χ3n) is 3.48. The maximum atomic E-state index is 12.5. The lowest BCUT2D eigenvalue weighted by Crippen LogP contribution is -2.38. The number of carbonyl (C=O) groups excluding carboxylic acids is 2. The van der Waals surface area contributed by atoms with Crippen LogP contribution in [0.3, 0.4) is 0 Å². The molecule has 2 rings (SSSR count). The molecule has 108 valence electrons. The summed E-state index contributed by atoms with van der Waals surface area (Å²) in [5.41, 5.74) is 1.24. The number of ketones is 1. The van der Waals surface area contributed by atoms with Crippen LogP contribution >= 0.6 is 0 Å². The maximum absolute atomic E-state index is 12.5. The largest absolute Gasteiger partial charge is 0.325 e. The molecule has 21 heavy (non-hydrogen) atoms. The number of rotatable bonds is 4. The zero-order valence-electron chi connectivity index (χ0n) is 12.5. The number of carbonyl (C=O) groups is 2. The number of aryl methyl sites for hydroxylation is 1. The van der Waals surface area contributed by atoms with Gasteiger partial charge in [-0.25, -0.2) is 0 Å². The Morgan fingerprint density at radius 1 is 0.905 bits per heavy atom. The molecule has 0 saturated heterocycles. The second-order valence-corrected chi connectivity index (χ2v) is 5.64. The fourth-order valence-electron chi connectivity index (χ4n) is 1.98. The van der Waals surface area contributed by atoms with Gasteiger partial charge in [0.15, 0.2) is 5.78 Å². The van der Waals surface area contributed by atoms with Crippen molar-refractivity contribution in [3.63, 3.8) is 0 Å². The SMILES string of the molecule is Cc1ccc(NC(=O)C(C)(C)C(=O)c2ccccc2)cc1. The molecule has 0 heterocycles. The van der Waals surface area contributed by atoms with E-state index in [1.54, 1.807) is 38.1 Å². The lowest BCUT2D eigenvalue weighted by Gasteiger charge is -2.22. The molecule has 2 aromatic rings. The predicted molar refractivity (Wildman–Crippen MR) is 84.4 cm³/mol. The van der Waals surface area contributed by atoms with Gasteiger partial charge < -0.3 is 5.32 Å². The fourth-order valence-corrected chi connectivity index (χ4v) is 1.98. The first-order valence-electron chi connectivity index (χ1n) is 6.89. The molecule has 0 aliphatic rings. The van der Waals surface area contributed by atoms with Crippen LogP contribution in [0.5, 0.6) is 0 Å². The van der Waals surface area contributed by atoms with Crippen LogP contribution in [-0.4, -0.2) is 11.7 Å². The first-order chi connectivity index (χ1) is 9.91. The van der Waals surface area contributed by atoms with Gasteiger partial charge in [0.25, 0.3) is 0 Å². The number of hydrogen-bond donors (Lipinski definition) is 1. The van der Waals surface area contributed by atoms with Gasteiger partial charge in [-0.2, -0.15) is 0 Å². The van der Waals surface area contributed by atoms with Crippen molar-refractivity contribution < 1.29 is 9.59 Å². The monoisotopic (exact) mass is 281 g/mol. The van der Waals surface area contributed by atoms with Gasteiger partial charge in [0.2, 0.25) is 5.91 Å². The molecule has 0 unspecified atom stereocenters. The molecule has 0 saturated carbocycles. The van der Waals surface area contributed by atoms with Crippen molar-refractivity contribution >= 4 is 17.4 Å². The topological polar surface area (TPSA) is 46.2 Å². The summed E-state index contributed by atoms with van der Waals surface area (Å²) in [6, 6.07) is 16.4. The summed E-state index contributed by atoms with van der Waals surface area (Å²) in [5.74, 6) is -0.493. The second kappa shape index (κ2) is 5.92. The van der Waals surface area contributed by atoms with Crippen molar-refractivity contribution in [3.8, 4) is 0 Å². The summed E-state index contributed by atoms with van der Waals surface area (Å²) in [4.78, 5) is 24.9. The summed E-state index contributed by atoms with van der Waals surface area (Å²) in [6.07, 6.45) is 0. The Morgan fingerprint density at radius 2 is 1.48 bits per heavy atom. The van der Waals surface area contributed by atoms with Gasteiger partial charge in [-0.15, -0.1) is 0 Å². The van der Waals surface area contributed by atoms with Gasteiger partial charge in [0, 0.05) is 11.3 Å². The number of amides is 1. The summed E-state index contributed by atoms with van der Waals surface area (Å²) in [7, 11) is 0. The van der Waals surface area contributed by atoms with Crippen molar-refractivity contribution in [2.24, 2.45) is 5.41 Å². The minimum Gasteiger partial charge on any atom is -0.325 e. The zero-order valence-corrected chi connectivity index (χ0v) is 12.5. The first-order valence-corrected chi connectivity index (χ1v) is 6.89. The van der Waals surface area contributed by atoms with Crippen LogP contribution in [0.25, 0.3) is 0 Å². The van der Waals surface area contributed by atoms with Crippen molar-refractivity contribution in [2.45, 2.75) is 20.8 Å². The number of nitrogens with one attached hydrogen (secondary N) is 1. The highest BCUT2D eigenvalue weighted by Gasteiger charge is 2.36. The quantitative estimate of drug-likeness (QED) is 0.683. The highest BCUT2D eigenvalue weighted by molar-refractivity contribution is 6.16. The Balaban J connectivity index is 2.17. The van der Waals surface area contributed by atoms with Crippen molar-refractivity contribution in [1.82, 2.24) is 0 Å². The molecular formula is C18H19NO2. The Bertz CT molecular complexity index is 643. The van der Waals surface area contributed by atoms with Gasteiger partial charge in [0.05, 0.1) is 0 Å². The van der Waals surface area contributed by atoms with Crippen molar-refractivity contribution in [1.29, 1.82) is 0 Å². The summed E-state index contributed by atoms with van der Waals surface area (Å²) in [5, 5.41) is 2.80. The molecule has 0 aromatic heterocycles. The Kier molecular flexibility index (Phi) is 4.22. The van der Waals surface area contributed by atoms with Crippen molar-refractivity contribution in [2.75, 3.05) is 5.32 Å². The number of anilines is 1. The smallest absolute Gasteiger partial charge is 0.237 e. The average molecular weight is 281 g/mol. The van der Waals surface area contributed by atoms with E-state index in [1.807, 2.05) is 37.3 Å². The van der Waals surface area contributed by atoms with Crippen LogP contribution in [0.15, 0.2) is 54.6 Å². The Morgan fingerprint density at radius 3 is 2.05 bits per heavy atom. The maximum Gasteiger partial charge on any atom is 0.237 e. The molecule has 0 fully saturated rings. The summed E-state index contributed by atoms with van der Waals surface area (Å²) in [6.45, 7) is 5.27. The molecule has 2 aromatic carbocycles. The summed E-state index contributed by atoms with van der Waals surface area (Å²) >= 11 is 0. The van der Waals surface area contributed by atoms with Gasteiger partial charge >= 0.3 is 0 Å². The minimum atomic E-state index is -1.12. The molecule has 3 heteroatoms. The molecule has 0 spiro atoms. The standard InChI is InChI=1S/C18H19NO2/c1-13-9-11-15(12-10-13)19-17(21)18(2,3)16(20)14-7-5-4-6-8-14/h4-12H,1-3H3,(H,19,21). The molecular weight excluding hydrogens is 262 g/mol. The number of benzene rings is 2. The van der Waals surface area contributed by atoms with E-state index in [1.165, 1.54) is 0 Å². The molecule has 0 atom stereocenters. The van der Waals surface area contributed by atoms with E-state index in [9.17, 15) is 9.59 Å². The van der Waals surface area contributed by atoms with E-state index >= 15 is 0 Å². The van der Waals surface area contributed by atoms with Crippen molar-refractivity contribution in [3.05, 3.63) is 65.7 Å².